The summed E-state index contributed by atoms with van der Waals surface area (Å²) in [5.41, 5.74) is 2.47. The minimum absolute atomic E-state index is 0.0278. The molecule has 4 heteroatoms. The lowest BCUT2D eigenvalue weighted by Gasteiger charge is -2.27. The third-order valence-electron chi connectivity index (χ3n) is 5.28. The van der Waals surface area contributed by atoms with Gasteiger partial charge < -0.3 is 14.4 Å². The van der Waals surface area contributed by atoms with Gasteiger partial charge in [-0.2, -0.15) is 0 Å². The quantitative estimate of drug-likeness (QED) is 0.797. The van der Waals surface area contributed by atoms with E-state index in [1.165, 1.54) is 0 Å². The van der Waals surface area contributed by atoms with Crippen LogP contribution in [0.15, 0.2) is 59.0 Å². The third-order valence-corrected chi connectivity index (χ3v) is 5.28. The van der Waals surface area contributed by atoms with E-state index in [9.17, 15) is 9.90 Å². The van der Waals surface area contributed by atoms with Crippen molar-refractivity contribution in [1.82, 2.24) is 4.90 Å². The number of nitrogens with zero attached hydrogens (tertiary/aromatic N) is 1. The van der Waals surface area contributed by atoms with Crippen LogP contribution in [-0.4, -0.2) is 35.6 Å². The van der Waals surface area contributed by atoms with Gasteiger partial charge in [0.15, 0.2) is 5.76 Å². The summed E-state index contributed by atoms with van der Waals surface area (Å²) >= 11 is 0. The molecular weight excluding hydrogens is 314 g/mol. The van der Waals surface area contributed by atoms with Gasteiger partial charge in [0.25, 0.3) is 5.91 Å². The Morgan fingerprint density at radius 1 is 1.20 bits per heavy atom. The molecule has 1 unspecified atom stereocenters. The fourth-order valence-corrected chi connectivity index (χ4v) is 3.76. The molecule has 0 saturated carbocycles. The number of aliphatic hydroxyl groups is 1. The first-order valence-electron chi connectivity index (χ1n) is 8.58. The summed E-state index contributed by atoms with van der Waals surface area (Å²) in [5.74, 6) is 0.257. The summed E-state index contributed by atoms with van der Waals surface area (Å²) in [5, 5.41) is 11.0. The second-order valence-electron chi connectivity index (χ2n) is 6.89. The Labute approximate surface area is 146 Å². The lowest BCUT2D eigenvalue weighted by atomic mass is 9.80. The first-order chi connectivity index (χ1) is 12.1. The number of hydrogen-bond donors (Lipinski definition) is 1. The summed E-state index contributed by atoms with van der Waals surface area (Å²) in [4.78, 5) is 14.7. The van der Waals surface area contributed by atoms with Crippen molar-refractivity contribution in [1.29, 1.82) is 0 Å². The van der Waals surface area contributed by atoms with Crippen molar-refractivity contribution in [2.75, 3.05) is 19.7 Å². The maximum atomic E-state index is 12.9. The summed E-state index contributed by atoms with van der Waals surface area (Å²) in [6.07, 6.45) is 0.749. The van der Waals surface area contributed by atoms with Gasteiger partial charge in [-0.3, -0.25) is 4.79 Å². The molecule has 25 heavy (non-hydrogen) atoms. The highest BCUT2D eigenvalue weighted by Gasteiger charge is 2.41. The van der Waals surface area contributed by atoms with Crippen molar-refractivity contribution in [3.05, 3.63) is 71.5 Å². The van der Waals surface area contributed by atoms with Crippen LogP contribution < -0.4 is 0 Å². The van der Waals surface area contributed by atoms with Crippen LogP contribution >= 0.6 is 0 Å². The monoisotopic (exact) mass is 335 g/mol. The van der Waals surface area contributed by atoms with E-state index >= 15 is 0 Å². The van der Waals surface area contributed by atoms with Gasteiger partial charge in [-0.05, 0) is 30.5 Å². The summed E-state index contributed by atoms with van der Waals surface area (Å²) in [6, 6.07) is 17.7. The number of aliphatic hydroxyl groups excluding tert-OH is 1. The average Bonchev–Trinajstić information content (AvgIpc) is 3.28. The fraction of sp³-hybridized carbons (Fsp3) is 0.286. The molecule has 1 aromatic heterocycles. The van der Waals surface area contributed by atoms with Gasteiger partial charge in [-0.25, -0.2) is 0 Å². The van der Waals surface area contributed by atoms with E-state index in [2.05, 4.69) is 0 Å². The molecule has 1 atom stereocenters. The van der Waals surface area contributed by atoms with E-state index in [1.807, 2.05) is 61.5 Å². The molecule has 1 aliphatic rings. The zero-order valence-corrected chi connectivity index (χ0v) is 14.2. The van der Waals surface area contributed by atoms with Gasteiger partial charge in [0.2, 0.25) is 0 Å². The van der Waals surface area contributed by atoms with Crippen LogP contribution in [0.25, 0.3) is 11.0 Å². The lowest BCUT2D eigenvalue weighted by Crippen LogP contribution is -2.36. The highest BCUT2D eigenvalue weighted by molar-refractivity contribution is 5.96. The molecule has 2 aromatic carbocycles. The number of carbonyl (C=O) groups excluding carboxylic acids is 1. The second kappa shape index (κ2) is 6.05. The smallest absolute Gasteiger partial charge is 0.289 e. The second-order valence-corrected chi connectivity index (χ2v) is 6.89. The molecule has 4 nitrogen and oxygen atoms in total. The highest BCUT2D eigenvalue weighted by atomic mass is 16.3. The predicted octanol–water partition coefficient (Wildman–Crippen LogP) is 3.52. The van der Waals surface area contributed by atoms with Crippen molar-refractivity contribution in [2.24, 2.45) is 0 Å². The standard InChI is InChI=1S/C21H21NO3/c1-15-6-5-7-16-12-18(25-19(15)16)20(24)22-11-10-21(13-22,14-23)17-8-3-2-4-9-17/h2-9,12,23H,10-11,13-14H2,1H3. The molecule has 0 aliphatic carbocycles. The number of rotatable bonds is 3. The van der Waals surface area contributed by atoms with E-state index in [0.29, 0.717) is 18.8 Å². The van der Waals surface area contributed by atoms with Gasteiger partial charge in [0.1, 0.15) is 5.58 Å². The van der Waals surface area contributed by atoms with Crippen molar-refractivity contribution in [3.63, 3.8) is 0 Å². The van der Waals surface area contributed by atoms with Crippen molar-refractivity contribution in [2.45, 2.75) is 18.8 Å². The number of benzene rings is 2. The van der Waals surface area contributed by atoms with Gasteiger partial charge in [-0.1, -0.05) is 48.5 Å². The van der Waals surface area contributed by atoms with E-state index in [1.54, 1.807) is 4.90 Å². The highest BCUT2D eigenvalue weighted by Crippen LogP contribution is 2.35. The van der Waals surface area contributed by atoms with Crippen LogP contribution in [0.1, 0.15) is 28.1 Å². The molecule has 0 bridgehead atoms. The molecule has 4 rings (SSSR count). The van der Waals surface area contributed by atoms with Gasteiger partial charge in [0.05, 0.1) is 6.61 Å². The van der Waals surface area contributed by atoms with Crippen molar-refractivity contribution < 1.29 is 14.3 Å². The Morgan fingerprint density at radius 3 is 2.72 bits per heavy atom. The van der Waals surface area contributed by atoms with E-state index < -0.39 is 5.41 Å². The van der Waals surface area contributed by atoms with Crippen molar-refractivity contribution >= 4 is 16.9 Å². The Hall–Kier alpha value is -2.59. The van der Waals surface area contributed by atoms with E-state index in [-0.39, 0.29) is 12.5 Å². The maximum Gasteiger partial charge on any atom is 0.289 e. The van der Waals surface area contributed by atoms with Crippen LogP contribution in [0.2, 0.25) is 0 Å². The first-order valence-corrected chi connectivity index (χ1v) is 8.58. The van der Waals surface area contributed by atoms with E-state index in [4.69, 9.17) is 4.42 Å². The third kappa shape index (κ3) is 2.63. The van der Waals surface area contributed by atoms with Gasteiger partial charge >= 0.3 is 0 Å². The van der Waals surface area contributed by atoms with Crippen LogP contribution in [0.3, 0.4) is 0 Å². The van der Waals surface area contributed by atoms with Crippen LogP contribution in [0.5, 0.6) is 0 Å². The van der Waals surface area contributed by atoms with E-state index in [0.717, 1.165) is 28.5 Å². The Balaban J connectivity index is 1.62. The Bertz CT molecular complexity index is 915. The number of para-hydroxylation sites is 1. The zero-order chi connectivity index (χ0) is 17.4. The first kappa shape index (κ1) is 15.9. The molecule has 1 N–H and O–H groups in total. The molecule has 3 aromatic rings. The molecular formula is C21H21NO3. The largest absolute Gasteiger partial charge is 0.451 e. The van der Waals surface area contributed by atoms with Gasteiger partial charge in [0, 0.05) is 23.9 Å². The molecule has 1 saturated heterocycles. The minimum atomic E-state index is -0.390. The number of amides is 1. The molecule has 128 valence electrons. The molecule has 1 fully saturated rings. The molecule has 0 radical (unpaired) electrons. The zero-order valence-electron chi connectivity index (χ0n) is 14.2. The molecule has 2 heterocycles. The van der Waals surface area contributed by atoms with Gasteiger partial charge in [-0.15, -0.1) is 0 Å². The number of fused-ring (bicyclic) bond motifs is 1. The summed E-state index contributed by atoms with van der Waals surface area (Å²) < 4.78 is 5.83. The van der Waals surface area contributed by atoms with Crippen LogP contribution in [-0.2, 0) is 5.41 Å². The Morgan fingerprint density at radius 2 is 2.00 bits per heavy atom. The van der Waals surface area contributed by atoms with Crippen LogP contribution in [0, 0.1) is 6.92 Å². The SMILES string of the molecule is Cc1cccc2cc(C(=O)N3CCC(CO)(c4ccccc4)C3)oc12. The molecule has 1 amide bonds. The summed E-state index contributed by atoms with van der Waals surface area (Å²) in [6.45, 7) is 3.12. The number of carbonyl (C=O) groups is 1. The maximum absolute atomic E-state index is 12.9. The average molecular weight is 335 g/mol. The number of aryl methyl sites for hydroxylation is 1. The normalized spacial score (nSPS) is 20.3. The van der Waals surface area contributed by atoms with Crippen LogP contribution in [0.4, 0.5) is 0 Å². The van der Waals surface area contributed by atoms with Crippen molar-refractivity contribution in [3.8, 4) is 0 Å². The topological polar surface area (TPSA) is 53.7 Å². The minimum Gasteiger partial charge on any atom is -0.451 e. The number of likely N-dealkylation sites (tertiary alicyclic amines) is 1. The summed E-state index contributed by atoms with van der Waals surface area (Å²) in [7, 11) is 0. The number of hydrogen-bond acceptors (Lipinski definition) is 3. The Kier molecular flexibility index (Phi) is 3.85. The predicted molar refractivity (Wildman–Crippen MR) is 96.7 cm³/mol. The molecule has 0 spiro atoms. The molecule has 1 aliphatic heterocycles. The lowest BCUT2D eigenvalue weighted by molar-refractivity contribution is 0.0745. The fourth-order valence-electron chi connectivity index (χ4n) is 3.76. The number of furan rings is 1.